The molecule has 0 aliphatic heterocycles. The van der Waals surface area contributed by atoms with E-state index in [1.165, 1.54) is 86.4 Å². The van der Waals surface area contributed by atoms with Crippen LogP contribution in [0, 0.1) is 0 Å². The van der Waals surface area contributed by atoms with Crippen LogP contribution in [0.4, 0.5) is 0 Å². The highest BCUT2D eigenvalue weighted by Crippen LogP contribution is 2.42. The summed E-state index contributed by atoms with van der Waals surface area (Å²) in [7, 11) is 0. The smallest absolute Gasteiger partial charge is 0.136 e. The standard InChI is InChI=1S/C54H36OS/c1-3-11-36(12-4-1)38-20-24-40(25-21-38)48(42-28-30-45-44-16-9-10-18-52(44)56-53(45)33-42)31-35-19-29-47-50(32-35)55-51-34-49(43-15-7-8-17-46(43)54(47)51)41-26-22-39(23-27-41)37-13-5-2-6-14-37/h1-30,32-34,48H,31H2. The lowest BCUT2D eigenvalue weighted by Crippen LogP contribution is -2.05. The summed E-state index contributed by atoms with van der Waals surface area (Å²) in [6, 6.07) is 73.0. The number of fused-ring (bicyclic) bond motifs is 8. The molecule has 264 valence electrons. The molecule has 56 heavy (non-hydrogen) atoms. The van der Waals surface area contributed by atoms with Crippen molar-refractivity contribution in [1.82, 2.24) is 0 Å². The minimum atomic E-state index is 0.169. The maximum absolute atomic E-state index is 6.81. The minimum absolute atomic E-state index is 0.169. The lowest BCUT2D eigenvalue weighted by molar-refractivity contribution is 0.668. The van der Waals surface area contributed by atoms with Crippen LogP contribution in [0.3, 0.4) is 0 Å². The zero-order valence-corrected chi connectivity index (χ0v) is 31.5. The summed E-state index contributed by atoms with van der Waals surface area (Å²) in [5, 5.41) is 7.44. The first-order valence-corrected chi connectivity index (χ1v) is 20.1. The lowest BCUT2D eigenvalue weighted by atomic mass is 9.85. The Morgan fingerprint density at radius 3 is 1.66 bits per heavy atom. The van der Waals surface area contributed by atoms with Gasteiger partial charge in [-0.3, -0.25) is 0 Å². The third kappa shape index (κ3) is 5.70. The van der Waals surface area contributed by atoms with Gasteiger partial charge in [-0.05, 0) is 91.5 Å². The van der Waals surface area contributed by atoms with E-state index in [-0.39, 0.29) is 5.92 Å². The van der Waals surface area contributed by atoms with Crippen LogP contribution in [0.2, 0.25) is 0 Å². The molecule has 2 heterocycles. The fourth-order valence-electron chi connectivity index (χ4n) is 8.68. The summed E-state index contributed by atoms with van der Waals surface area (Å²) < 4.78 is 9.47. The highest BCUT2D eigenvalue weighted by atomic mass is 32.1. The second-order valence-corrected chi connectivity index (χ2v) is 15.9. The molecule has 1 nitrogen and oxygen atoms in total. The summed E-state index contributed by atoms with van der Waals surface area (Å²) in [5.74, 6) is 0.169. The average molecular weight is 733 g/mol. The summed E-state index contributed by atoms with van der Waals surface area (Å²) in [4.78, 5) is 0. The van der Waals surface area contributed by atoms with E-state index in [1.807, 2.05) is 11.3 Å². The SMILES string of the molecule is c1ccc(-c2ccc(-c3cc4oc5cc(CC(c6ccc(-c7ccccc7)cc6)c6ccc7c(c6)sc6ccccc67)ccc5c4c4ccccc34)cc2)cc1. The normalized spacial score (nSPS) is 12.3. The molecule has 0 aliphatic carbocycles. The van der Waals surface area contributed by atoms with E-state index in [9.17, 15) is 0 Å². The van der Waals surface area contributed by atoms with Crippen molar-refractivity contribution in [2.24, 2.45) is 0 Å². The van der Waals surface area contributed by atoms with Gasteiger partial charge in [0, 0.05) is 36.9 Å². The molecule has 11 aromatic rings. The highest BCUT2D eigenvalue weighted by Gasteiger charge is 2.20. The van der Waals surface area contributed by atoms with E-state index in [4.69, 9.17) is 4.42 Å². The van der Waals surface area contributed by atoms with Crippen LogP contribution < -0.4 is 0 Å². The molecule has 11 rings (SSSR count). The van der Waals surface area contributed by atoms with Crippen molar-refractivity contribution < 1.29 is 4.42 Å². The zero-order valence-electron chi connectivity index (χ0n) is 30.7. The average Bonchev–Trinajstić information content (AvgIpc) is 3.83. The van der Waals surface area contributed by atoms with Crippen molar-refractivity contribution in [3.8, 4) is 33.4 Å². The maximum Gasteiger partial charge on any atom is 0.136 e. The van der Waals surface area contributed by atoms with Gasteiger partial charge in [0.2, 0.25) is 0 Å². The van der Waals surface area contributed by atoms with Crippen LogP contribution in [0.1, 0.15) is 22.6 Å². The number of thiophene rings is 1. The molecule has 0 amide bonds. The van der Waals surface area contributed by atoms with Gasteiger partial charge in [0.1, 0.15) is 11.2 Å². The summed E-state index contributed by atoms with van der Waals surface area (Å²) >= 11 is 1.88. The van der Waals surface area contributed by atoms with E-state index >= 15 is 0 Å². The number of hydrogen-bond acceptors (Lipinski definition) is 2. The van der Waals surface area contributed by atoms with Crippen molar-refractivity contribution >= 4 is 64.2 Å². The van der Waals surface area contributed by atoms with E-state index < -0.39 is 0 Å². The van der Waals surface area contributed by atoms with Gasteiger partial charge >= 0.3 is 0 Å². The van der Waals surface area contributed by atoms with Gasteiger partial charge in [-0.15, -0.1) is 11.3 Å². The Morgan fingerprint density at radius 2 is 0.929 bits per heavy atom. The van der Waals surface area contributed by atoms with E-state index in [2.05, 4.69) is 200 Å². The van der Waals surface area contributed by atoms with Gasteiger partial charge in [0.05, 0.1) is 0 Å². The van der Waals surface area contributed by atoms with Crippen molar-refractivity contribution in [3.63, 3.8) is 0 Å². The fourth-order valence-corrected chi connectivity index (χ4v) is 9.84. The topological polar surface area (TPSA) is 13.1 Å². The number of benzene rings is 9. The molecule has 0 saturated carbocycles. The van der Waals surface area contributed by atoms with Crippen LogP contribution in [0.15, 0.2) is 205 Å². The number of hydrogen-bond donors (Lipinski definition) is 0. The highest BCUT2D eigenvalue weighted by molar-refractivity contribution is 7.25. The van der Waals surface area contributed by atoms with Crippen molar-refractivity contribution in [2.45, 2.75) is 12.3 Å². The number of furan rings is 1. The van der Waals surface area contributed by atoms with Gasteiger partial charge < -0.3 is 4.42 Å². The fraction of sp³-hybridized carbons (Fsp3) is 0.0370. The second-order valence-electron chi connectivity index (χ2n) is 14.8. The molecule has 0 radical (unpaired) electrons. The first kappa shape index (κ1) is 32.7. The molecular formula is C54H36OS. The molecule has 0 aliphatic rings. The van der Waals surface area contributed by atoms with Gasteiger partial charge in [-0.1, -0.05) is 176 Å². The van der Waals surface area contributed by atoms with Crippen molar-refractivity contribution in [3.05, 3.63) is 217 Å². The molecular weight excluding hydrogens is 697 g/mol. The minimum Gasteiger partial charge on any atom is -0.456 e. The van der Waals surface area contributed by atoms with Crippen molar-refractivity contribution in [1.29, 1.82) is 0 Å². The molecule has 0 fully saturated rings. The molecule has 0 N–H and O–H groups in total. The van der Waals surface area contributed by atoms with Gasteiger partial charge in [0.25, 0.3) is 0 Å². The Balaban J connectivity index is 1.00. The Morgan fingerprint density at radius 1 is 0.375 bits per heavy atom. The van der Waals surface area contributed by atoms with Gasteiger partial charge in [0.15, 0.2) is 0 Å². The van der Waals surface area contributed by atoms with E-state index in [1.54, 1.807) is 0 Å². The summed E-state index contributed by atoms with van der Waals surface area (Å²) in [6.07, 6.45) is 0.855. The molecule has 2 heteroatoms. The second kappa shape index (κ2) is 13.5. The molecule has 9 aromatic carbocycles. The van der Waals surface area contributed by atoms with Crippen LogP contribution >= 0.6 is 11.3 Å². The summed E-state index contributed by atoms with van der Waals surface area (Å²) in [6.45, 7) is 0. The largest absolute Gasteiger partial charge is 0.456 e. The van der Waals surface area contributed by atoms with Crippen LogP contribution in [-0.2, 0) is 6.42 Å². The molecule has 0 saturated heterocycles. The van der Waals surface area contributed by atoms with Crippen LogP contribution in [-0.4, -0.2) is 0 Å². The third-order valence-corrected chi connectivity index (χ3v) is 12.6. The quantitative estimate of drug-likeness (QED) is 0.159. The van der Waals surface area contributed by atoms with Crippen LogP contribution in [0.5, 0.6) is 0 Å². The maximum atomic E-state index is 6.81. The lowest BCUT2D eigenvalue weighted by Gasteiger charge is -2.19. The van der Waals surface area contributed by atoms with Crippen LogP contribution in [0.25, 0.3) is 86.3 Å². The Kier molecular flexibility index (Phi) is 7.89. The monoisotopic (exact) mass is 732 g/mol. The molecule has 1 unspecified atom stereocenters. The summed E-state index contributed by atoms with van der Waals surface area (Å²) in [5.41, 5.74) is 13.0. The van der Waals surface area contributed by atoms with Gasteiger partial charge in [-0.2, -0.15) is 0 Å². The first-order valence-electron chi connectivity index (χ1n) is 19.3. The molecule has 2 aromatic heterocycles. The zero-order chi connectivity index (χ0) is 37.0. The Bertz CT molecular complexity index is 3190. The van der Waals surface area contributed by atoms with E-state index in [0.717, 1.165) is 23.0 Å². The Labute approximate surface area is 329 Å². The van der Waals surface area contributed by atoms with Gasteiger partial charge in [-0.25, -0.2) is 0 Å². The predicted molar refractivity (Wildman–Crippen MR) is 239 cm³/mol. The molecule has 0 spiro atoms. The predicted octanol–water partition coefficient (Wildman–Crippen LogP) is 15.5. The molecule has 1 atom stereocenters. The molecule has 0 bridgehead atoms. The Hall–Kier alpha value is -6.74. The van der Waals surface area contributed by atoms with Crippen molar-refractivity contribution in [2.75, 3.05) is 0 Å². The first-order chi connectivity index (χ1) is 27.7. The van der Waals surface area contributed by atoms with E-state index in [0.29, 0.717) is 0 Å². The number of rotatable bonds is 7. The third-order valence-electron chi connectivity index (χ3n) is 11.5.